The number of amides is 1. The molecule has 1 atom stereocenters. The Bertz CT molecular complexity index is 1020. The number of thioether (sulfide) groups is 1. The van der Waals surface area contributed by atoms with Gasteiger partial charge in [0.05, 0.1) is 34.1 Å². The smallest absolute Gasteiger partial charge is 0.305 e. The van der Waals surface area contributed by atoms with Gasteiger partial charge in [-0.2, -0.15) is 0 Å². The van der Waals surface area contributed by atoms with E-state index < -0.39 is 11.2 Å². The number of nitrogens with zero attached hydrogens (tertiary/aromatic N) is 2. The molecule has 5 nitrogen and oxygen atoms in total. The van der Waals surface area contributed by atoms with Crippen LogP contribution in [0.25, 0.3) is 10.2 Å². The number of aryl methyl sites for hydroxylation is 2. The number of benzene rings is 2. The van der Waals surface area contributed by atoms with Crippen LogP contribution in [-0.2, 0) is 16.1 Å². The molecule has 2 aromatic carbocycles. The summed E-state index contributed by atoms with van der Waals surface area (Å²) in [5.74, 6) is -1.14. The summed E-state index contributed by atoms with van der Waals surface area (Å²) < 4.78 is 1.14. The standard InChI is InChI=1S/C20H18N2O3S2/c1-11-7-8-12(2)19-18(11)21-16(27-19)10-22-13-5-3-4-6-14(13)26-15(20(22)25)9-17(23)24/h3-8,15H,9-10H2,1-2H3,(H,23,24). The van der Waals surface area contributed by atoms with E-state index in [4.69, 9.17) is 10.1 Å². The maximum Gasteiger partial charge on any atom is 0.305 e. The molecule has 4 rings (SSSR count). The summed E-state index contributed by atoms with van der Waals surface area (Å²) >= 11 is 2.92. The minimum atomic E-state index is -0.966. The van der Waals surface area contributed by atoms with Crippen LogP contribution < -0.4 is 4.90 Å². The van der Waals surface area contributed by atoms with Crippen molar-refractivity contribution in [1.82, 2.24) is 4.98 Å². The van der Waals surface area contributed by atoms with Gasteiger partial charge in [-0.05, 0) is 37.1 Å². The molecule has 1 N–H and O–H groups in total. The Hall–Kier alpha value is -2.38. The number of anilines is 1. The van der Waals surface area contributed by atoms with Crippen molar-refractivity contribution < 1.29 is 14.7 Å². The Balaban J connectivity index is 1.73. The average Bonchev–Trinajstić information content (AvgIpc) is 3.07. The minimum absolute atomic E-state index is 0.172. The van der Waals surface area contributed by atoms with Gasteiger partial charge in [-0.25, -0.2) is 4.98 Å². The van der Waals surface area contributed by atoms with Gasteiger partial charge in [0.25, 0.3) is 0 Å². The van der Waals surface area contributed by atoms with Crippen LogP contribution in [-0.4, -0.2) is 27.2 Å². The van der Waals surface area contributed by atoms with Gasteiger partial charge in [-0.1, -0.05) is 24.3 Å². The summed E-state index contributed by atoms with van der Waals surface area (Å²) in [4.78, 5) is 31.6. The second-order valence-corrected chi connectivity index (χ2v) is 8.91. The Morgan fingerprint density at radius 2 is 1.93 bits per heavy atom. The zero-order chi connectivity index (χ0) is 19.1. The van der Waals surface area contributed by atoms with Gasteiger partial charge >= 0.3 is 5.97 Å². The molecule has 1 unspecified atom stereocenters. The number of fused-ring (bicyclic) bond motifs is 2. The molecule has 7 heteroatoms. The minimum Gasteiger partial charge on any atom is -0.481 e. The van der Waals surface area contributed by atoms with Crippen LogP contribution in [0.5, 0.6) is 0 Å². The highest BCUT2D eigenvalue weighted by Crippen LogP contribution is 2.41. The van der Waals surface area contributed by atoms with E-state index >= 15 is 0 Å². The van der Waals surface area contributed by atoms with Crippen LogP contribution in [0.1, 0.15) is 22.6 Å². The Morgan fingerprint density at radius 3 is 2.67 bits per heavy atom. The lowest BCUT2D eigenvalue weighted by molar-refractivity contribution is -0.138. The molecule has 138 valence electrons. The maximum atomic E-state index is 13.0. The van der Waals surface area contributed by atoms with Gasteiger partial charge in [0.2, 0.25) is 5.91 Å². The van der Waals surface area contributed by atoms with E-state index in [9.17, 15) is 9.59 Å². The molecule has 3 aromatic rings. The highest BCUT2D eigenvalue weighted by Gasteiger charge is 2.35. The first-order chi connectivity index (χ1) is 12.9. The van der Waals surface area contributed by atoms with Crippen molar-refractivity contribution >= 4 is 50.9 Å². The van der Waals surface area contributed by atoms with Crippen molar-refractivity contribution in [2.45, 2.75) is 37.0 Å². The van der Waals surface area contributed by atoms with Crippen LogP contribution >= 0.6 is 23.1 Å². The number of carbonyl (C=O) groups excluding carboxylic acids is 1. The van der Waals surface area contributed by atoms with E-state index in [1.54, 1.807) is 16.2 Å². The lowest BCUT2D eigenvalue weighted by atomic mass is 10.1. The number of aliphatic carboxylic acids is 1. The number of thiazole rings is 1. The first-order valence-corrected chi connectivity index (χ1v) is 10.3. The summed E-state index contributed by atoms with van der Waals surface area (Å²) in [6, 6.07) is 11.8. The summed E-state index contributed by atoms with van der Waals surface area (Å²) in [6.07, 6.45) is -0.188. The van der Waals surface area contributed by atoms with Crippen LogP contribution in [0, 0.1) is 13.8 Å². The van der Waals surface area contributed by atoms with Crippen LogP contribution in [0.3, 0.4) is 0 Å². The largest absolute Gasteiger partial charge is 0.481 e. The van der Waals surface area contributed by atoms with E-state index in [1.165, 1.54) is 17.3 Å². The molecular weight excluding hydrogens is 380 g/mol. The van der Waals surface area contributed by atoms with Crippen molar-refractivity contribution in [3.05, 3.63) is 52.5 Å². The van der Waals surface area contributed by atoms with Gasteiger partial charge < -0.3 is 10.0 Å². The third-order valence-electron chi connectivity index (χ3n) is 4.61. The lowest BCUT2D eigenvalue weighted by Gasteiger charge is -2.32. The first kappa shape index (κ1) is 18.0. The normalized spacial score (nSPS) is 16.6. The molecule has 27 heavy (non-hydrogen) atoms. The topological polar surface area (TPSA) is 70.5 Å². The number of carboxylic acid groups (broad SMARTS) is 1. The molecule has 0 aliphatic carbocycles. The van der Waals surface area contributed by atoms with E-state index in [1.807, 2.05) is 31.2 Å². The second-order valence-electron chi connectivity index (χ2n) is 6.58. The summed E-state index contributed by atoms with van der Waals surface area (Å²) in [5, 5.41) is 9.41. The van der Waals surface area contributed by atoms with Gasteiger partial charge in [-0.3, -0.25) is 9.59 Å². The summed E-state index contributed by atoms with van der Waals surface area (Å²) in [6.45, 7) is 4.45. The lowest BCUT2D eigenvalue weighted by Crippen LogP contribution is -2.41. The van der Waals surface area contributed by atoms with Gasteiger partial charge in [-0.15, -0.1) is 23.1 Å². The fraction of sp³-hybridized carbons (Fsp3) is 0.250. The molecule has 1 aliphatic rings. The van der Waals surface area contributed by atoms with Gasteiger partial charge in [0.1, 0.15) is 5.01 Å². The Kier molecular flexibility index (Phi) is 4.65. The number of carboxylic acids is 1. The van der Waals surface area contributed by atoms with Crippen molar-refractivity contribution in [1.29, 1.82) is 0 Å². The van der Waals surface area contributed by atoms with Gasteiger partial charge in [0.15, 0.2) is 0 Å². The third kappa shape index (κ3) is 3.33. The highest BCUT2D eigenvalue weighted by molar-refractivity contribution is 8.01. The zero-order valence-corrected chi connectivity index (χ0v) is 16.6. The van der Waals surface area contributed by atoms with E-state index in [-0.39, 0.29) is 12.3 Å². The third-order valence-corrected chi connectivity index (χ3v) is 7.03. The van der Waals surface area contributed by atoms with Crippen LogP contribution in [0.4, 0.5) is 5.69 Å². The van der Waals surface area contributed by atoms with Crippen molar-refractivity contribution in [2.75, 3.05) is 4.90 Å². The van der Waals surface area contributed by atoms with Gasteiger partial charge in [0, 0.05) is 4.90 Å². The molecule has 0 radical (unpaired) electrons. The molecule has 0 spiro atoms. The fourth-order valence-electron chi connectivity index (χ4n) is 3.23. The predicted octanol–water partition coefficient (Wildman–Crippen LogP) is 4.40. The van der Waals surface area contributed by atoms with E-state index in [0.717, 1.165) is 31.4 Å². The molecule has 0 bridgehead atoms. The number of hydrogen-bond donors (Lipinski definition) is 1. The first-order valence-electron chi connectivity index (χ1n) is 8.58. The number of hydrogen-bond acceptors (Lipinski definition) is 5. The van der Waals surface area contributed by atoms with E-state index in [0.29, 0.717) is 6.54 Å². The molecule has 1 aromatic heterocycles. The van der Waals surface area contributed by atoms with Crippen molar-refractivity contribution in [3.63, 3.8) is 0 Å². The second kappa shape index (κ2) is 6.98. The molecular formula is C20H18N2O3S2. The molecule has 2 heterocycles. The molecule has 1 aliphatic heterocycles. The summed E-state index contributed by atoms with van der Waals surface area (Å²) in [5.41, 5.74) is 4.08. The number of aromatic nitrogens is 1. The van der Waals surface area contributed by atoms with Crippen molar-refractivity contribution in [3.8, 4) is 0 Å². The van der Waals surface area contributed by atoms with Crippen molar-refractivity contribution in [2.24, 2.45) is 0 Å². The maximum absolute atomic E-state index is 13.0. The molecule has 0 fully saturated rings. The predicted molar refractivity (Wildman–Crippen MR) is 109 cm³/mol. The Morgan fingerprint density at radius 1 is 1.19 bits per heavy atom. The number of para-hydroxylation sites is 1. The molecule has 0 saturated carbocycles. The summed E-state index contributed by atoms with van der Waals surface area (Å²) in [7, 11) is 0. The highest BCUT2D eigenvalue weighted by atomic mass is 32.2. The number of carbonyl (C=O) groups is 2. The van der Waals surface area contributed by atoms with Crippen LogP contribution in [0.15, 0.2) is 41.3 Å². The quantitative estimate of drug-likeness (QED) is 0.705. The fourth-order valence-corrected chi connectivity index (χ4v) is 5.55. The SMILES string of the molecule is Cc1ccc(C)c2sc(CN3C(=O)C(CC(=O)O)Sc4ccccc43)nc12. The molecule has 0 saturated heterocycles. The van der Waals surface area contributed by atoms with E-state index in [2.05, 4.69) is 19.1 Å². The molecule has 1 amide bonds. The zero-order valence-electron chi connectivity index (χ0n) is 14.9. The Labute approximate surface area is 165 Å². The average molecular weight is 399 g/mol. The number of rotatable bonds is 4. The monoisotopic (exact) mass is 398 g/mol. The van der Waals surface area contributed by atoms with Crippen LogP contribution in [0.2, 0.25) is 0 Å².